The van der Waals surface area contributed by atoms with Crippen LogP contribution in [0.15, 0.2) is 12.1 Å². The molecule has 6 nitrogen and oxygen atoms in total. The van der Waals surface area contributed by atoms with E-state index in [1.807, 2.05) is 24.8 Å². The van der Waals surface area contributed by atoms with Crippen molar-refractivity contribution in [3.63, 3.8) is 0 Å². The van der Waals surface area contributed by atoms with Crippen molar-refractivity contribution in [2.24, 2.45) is 0 Å². The fourth-order valence-corrected chi connectivity index (χ4v) is 3.39. The lowest BCUT2D eigenvalue weighted by molar-refractivity contribution is -0.136. The monoisotopic (exact) mass is 334 g/mol. The average Bonchev–Trinajstić information content (AvgIpc) is 2.63. The average molecular weight is 334 g/mol. The van der Waals surface area contributed by atoms with Crippen LogP contribution in [0.1, 0.15) is 24.0 Å². The summed E-state index contributed by atoms with van der Waals surface area (Å²) >= 11 is 0. The van der Waals surface area contributed by atoms with Gasteiger partial charge in [-0.1, -0.05) is 0 Å². The van der Waals surface area contributed by atoms with Gasteiger partial charge >= 0.3 is 0 Å². The molecule has 1 amide bonds. The second-order valence-corrected chi connectivity index (χ2v) is 6.46. The quantitative estimate of drug-likeness (QED) is 0.908. The Hall–Kier alpha value is -1.79. The molecule has 2 fully saturated rings. The molecular weight excluding hydrogens is 308 g/mol. The maximum Gasteiger partial charge on any atom is 0.230 e. The molecule has 1 aromatic rings. The Balaban J connectivity index is 1.80. The summed E-state index contributed by atoms with van der Waals surface area (Å²) in [6.45, 7) is 9.34. The van der Waals surface area contributed by atoms with Crippen LogP contribution in [-0.4, -0.2) is 68.5 Å². The number of phenols is 1. The summed E-state index contributed by atoms with van der Waals surface area (Å²) in [5, 5.41) is 10.5. The van der Waals surface area contributed by atoms with Crippen LogP contribution in [0.3, 0.4) is 0 Å². The molecule has 6 heteroatoms. The number of hydrogen-bond donors (Lipinski definition) is 1. The number of ether oxygens (including phenoxy) is 2. The van der Waals surface area contributed by atoms with Gasteiger partial charge in [0.05, 0.1) is 32.3 Å². The van der Waals surface area contributed by atoms with Crippen molar-refractivity contribution in [3.05, 3.63) is 23.3 Å². The fraction of sp³-hybridized carbons (Fsp3) is 0.611. The minimum Gasteiger partial charge on any atom is -0.508 e. The van der Waals surface area contributed by atoms with Crippen LogP contribution in [0.5, 0.6) is 5.75 Å². The summed E-state index contributed by atoms with van der Waals surface area (Å²) in [5.74, 6) is -0.121. The number of hydrogen-bond acceptors (Lipinski definition) is 5. The van der Waals surface area contributed by atoms with Gasteiger partial charge < -0.3 is 24.4 Å². The van der Waals surface area contributed by atoms with E-state index in [9.17, 15) is 9.90 Å². The van der Waals surface area contributed by atoms with Crippen LogP contribution >= 0.6 is 0 Å². The maximum atomic E-state index is 12.7. The van der Waals surface area contributed by atoms with E-state index in [0.717, 1.165) is 24.3 Å². The Morgan fingerprint density at radius 2 is 1.67 bits per heavy atom. The number of carbonyl (C=O) groups is 1. The van der Waals surface area contributed by atoms with Crippen LogP contribution < -0.4 is 4.90 Å². The number of carbonyl (C=O) groups excluding carboxylic acids is 1. The van der Waals surface area contributed by atoms with Gasteiger partial charge in [-0.25, -0.2) is 0 Å². The van der Waals surface area contributed by atoms with Crippen LogP contribution in [0, 0.1) is 6.92 Å². The first kappa shape index (κ1) is 17.0. The number of rotatable bonds is 3. The van der Waals surface area contributed by atoms with Gasteiger partial charge in [0, 0.05) is 43.5 Å². The number of anilines is 1. The van der Waals surface area contributed by atoms with Crippen molar-refractivity contribution >= 4 is 11.6 Å². The zero-order valence-electron chi connectivity index (χ0n) is 14.5. The van der Waals surface area contributed by atoms with Crippen molar-refractivity contribution in [3.8, 4) is 5.75 Å². The molecule has 24 heavy (non-hydrogen) atoms. The molecule has 0 bridgehead atoms. The lowest BCUT2D eigenvalue weighted by Gasteiger charge is -2.32. The van der Waals surface area contributed by atoms with E-state index in [2.05, 4.69) is 4.90 Å². The highest BCUT2D eigenvalue weighted by molar-refractivity contribution is 5.84. The first-order valence-electron chi connectivity index (χ1n) is 8.60. The topological polar surface area (TPSA) is 62.2 Å². The molecule has 1 unspecified atom stereocenters. The Bertz CT molecular complexity index is 593. The predicted molar refractivity (Wildman–Crippen MR) is 91.7 cm³/mol. The van der Waals surface area contributed by atoms with Crippen LogP contribution in [0.4, 0.5) is 5.69 Å². The Morgan fingerprint density at radius 1 is 1.08 bits per heavy atom. The zero-order valence-corrected chi connectivity index (χ0v) is 14.5. The molecule has 2 saturated heterocycles. The lowest BCUT2D eigenvalue weighted by atomic mass is 9.95. The standard InChI is InChI=1S/C18H26N2O4/c1-13-11-15(14(2)18(22)20-5-9-24-10-6-20)17(21)12-16(13)19-3-7-23-8-4-19/h11-12,14,21H,3-10H2,1-2H3. The van der Waals surface area contributed by atoms with E-state index < -0.39 is 0 Å². The number of aromatic hydroxyl groups is 1. The normalized spacial score (nSPS) is 20.1. The number of nitrogens with zero attached hydrogens (tertiary/aromatic N) is 2. The molecule has 2 aliphatic rings. The van der Waals surface area contributed by atoms with E-state index in [1.54, 1.807) is 6.07 Å². The highest BCUT2D eigenvalue weighted by Crippen LogP contribution is 2.34. The molecule has 132 valence electrons. The highest BCUT2D eigenvalue weighted by Gasteiger charge is 2.26. The third-order valence-electron chi connectivity index (χ3n) is 4.86. The largest absolute Gasteiger partial charge is 0.508 e. The summed E-state index contributed by atoms with van der Waals surface area (Å²) in [6, 6.07) is 3.74. The second-order valence-electron chi connectivity index (χ2n) is 6.46. The van der Waals surface area contributed by atoms with E-state index in [4.69, 9.17) is 9.47 Å². The summed E-state index contributed by atoms with van der Waals surface area (Å²) in [4.78, 5) is 16.7. The van der Waals surface area contributed by atoms with Crippen molar-refractivity contribution in [2.75, 3.05) is 57.5 Å². The van der Waals surface area contributed by atoms with E-state index in [1.165, 1.54) is 0 Å². The Morgan fingerprint density at radius 3 is 2.29 bits per heavy atom. The smallest absolute Gasteiger partial charge is 0.230 e. The molecule has 1 aromatic carbocycles. The molecular formula is C18H26N2O4. The van der Waals surface area contributed by atoms with Crippen LogP contribution in [-0.2, 0) is 14.3 Å². The maximum absolute atomic E-state index is 12.7. The molecule has 3 rings (SSSR count). The molecule has 0 radical (unpaired) electrons. The number of aryl methyl sites for hydroxylation is 1. The zero-order chi connectivity index (χ0) is 17.1. The Kier molecular flexibility index (Phi) is 5.26. The number of benzene rings is 1. The minimum absolute atomic E-state index is 0.0483. The summed E-state index contributed by atoms with van der Waals surface area (Å²) < 4.78 is 10.7. The second kappa shape index (κ2) is 7.40. The van der Waals surface area contributed by atoms with Crippen LogP contribution in [0.2, 0.25) is 0 Å². The molecule has 0 aliphatic carbocycles. The SMILES string of the molecule is Cc1cc(C(C)C(=O)N2CCOCC2)c(O)cc1N1CCOCC1. The predicted octanol–water partition coefficient (Wildman–Crippen LogP) is 1.50. The molecule has 0 aromatic heterocycles. The van der Waals surface area contributed by atoms with E-state index in [0.29, 0.717) is 45.1 Å². The molecule has 1 N–H and O–H groups in total. The van der Waals surface area contributed by atoms with Gasteiger partial charge in [-0.2, -0.15) is 0 Å². The van der Waals surface area contributed by atoms with Gasteiger partial charge in [-0.05, 0) is 25.5 Å². The number of amides is 1. The van der Waals surface area contributed by atoms with Gasteiger partial charge in [-0.3, -0.25) is 4.79 Å². The van der Waals surface area contributed by atoms with Gasteiger partial charge in [0.2, 0.25) is 5.91 Å². The van der Waals surface area contributed by atoms with Crippen molar-refractivity contribution in [1.29, 1.82) is 0 Å². The lowest BCUT2D eigenvalue weighted by Crippen LogP contribution is -2.42. The molecule has 0 saturated carbocycles. The van der Waals surface area contributed by atoms with Crippen molar-refractivity contribution in [1.82, 2.24) is 4.90 Å². The Labute approximate surface area is 143 Å². The number of morpholine rings is 2. The summed E-state index contributed by atoms with van der Waals surface area (Å²) in [7, 11) is 0. The minimum atomic E-state index is -0.361. The summed E-state index contributed by atoms with van der Waals surface area (Å²) in [6.07, 6.45) is 0. The molecule has 2 aliphatic heterocycles. The summed E-state index contributed by atoms with van der Waals surface area (Å²) in [5.41, 5.74) is 2.79. The third-order valence-corrected chi connectivity index (χ3v) is 4.86. The van der Waals surface area contributed by atoms with Crippen molar-refractivity contribution in [2.45, 2.75) is 19.8 Å². The third kappa shape index (κ3) is 3.49. The molecule has 2 heterocycles. The van der Waals surface area contributed by atoms with Crippen LogP contribution in [0.25, 0.3) is 0 Å². The van der Waals surface area contributed by atoms with Gasteiger partial charge in [-0.15, -0.1) is 0 Å². The fourth-order valence-electron chi connectivity index (χ4n) is 3.39. The van der Waals surface area contributed by atoms with Gasteiger partial charge in [0.25, 0.3) is 0 Å². The first-order valence-corrected chi connectivity index (χ1v) is 8.60. The van der Waals surface area contributed by atoms with Gasteiger partial charge in [0.15, 0.2) is 0 Å². The molecule has 0 spiro atoms. The number of phenolic OH excluding ortho intramolecular Hbond substituents is 1. The van der Waals surface area contributed by atoms with E-state index in [-0.39, 0.29) is 17.6 Å². The highest BCUT2D eigenvalue weighted by atomic mass is 16.5. The van der Waals surface area contributed by atoms with Gasteiger partial charge in [0.1, 0.15) is 5.75 Å². The van der Waals surface area contributed by atoms with E-state index >= 15 is 0 Å². The first-order chi connectivity index (χ1) is 11.6. The molecule has 1 atom stereocenters. The van der Waals surface area contributed by atoms with Crippen molar-refractivity contribution < 1.29 is 19.4 Å².